The maximum Gasteiger partial charge on any atom is 0.204 e. The Morgan fingerprint density at radius 3 is 2.50 bits per heavy atom. The molecule has 0 heterocycles. The largest absolute Gasteiger partial charge is 0.290 e. The summed E-state index contributed by atoms with van der Waals surface area (Å²) in [5, 5.41) is 0. The SMILES string of the molecule is C[C@H]([C]=O)CF. The molecule has 1 nitrogen and oxygen atoms in total. The zero-order valence-corrected chi connectivity index (χ0v) is 3.57. The predicted octanol–water partition coefficient (Wildman–Crippen LogP) is 0.702. The third kappa shape index (κ3) is 1.88. The third-order valence-electron chi connectivity index (χ3n) is 0.433. The molecule has 0 saturated heterocycles. The lowest BCUT2D eigenvalue weighted by Gasteiger charge is -1.84. The molecule has 0 amide bonds. The second-order valence-corrected chi connectivity index (χ2v) is 1.17. The number of carbonyl (C=O) groups excluding carboxylic acids is 1. The van der Waals surface area contributed by atoms with E-state index in [1.165, 1.54) is 13.2 Å². The Morgan fingerprint density at radius 2 is 2.50 bits per heavy atom. The van der Waals surface area contributed by atoms with Gasteiger partial charge in [-0.2, -0.15) is 0 Å². The normalized spacial score (nSPS) is 13.7. The van der Waals surface area contributed by atoms with Crippen LogP contribution in [0.25, 0.3) is 0 Å². The number of alkyl halides is 1. The van der Waals surface area contributed by atoms with E-state index < -0.39 is 12.6 Å². The summed E-state index contributed by atoms with van der Waals surface area (Å²) in [6, 6.07) is 0. The molecule has 1 atom stereocenters. The van der Waals surface area contributed by atoms with Crippen LogP contribution >= 0.6 is 0 Å². The zero-order valence-electron chi connectivity index (χ0n) is 3.57. The molecular formula is C4H6FO. The van der Waals surface area contributed by atoms with Gasteiger partial charge in [0.2, 0.25) is 6.29 Å². The van der Waals surface area contributed by atoms with E-state index in [1.807, 2.05) is 0 Å². The fourth-order valence-corrected chi connectivity index (χ4v) is 0.0315. The van der Waals surface area contributed by atoms with Crippen molar-refractivity contribution in [2.75, 3.05) is 6.67 Å². The van der Waals surface area contributed by atoms with Crippen LogP contribution in [-0.4, -0.2) is 13.0 Å². The topological polar surface area (TPSA) is 17.1 Å². The van der Waals surface area contributed by atoms with E-state index in [4.69, 9.17) is 0 Å². The van der Waals surface area contributed by atoms with Crippen molar-refractivity contribution in [1.82, 2.24) is 0 Å². The summed E-state index contributed by atoms with van der Waals surface area (Å²) in [6.45, 7) is 0.885. The molecule has 0 N–H and O–H groups in total. The molecule has 0 saturated carbocycles. The zero-order chi connectivity index (χ0) is 4.99. The van der Waals surface area contributed by atoms with E-state index >= 15 is 0 Å². The first kappa shape index (κ1) is 5.60. The Kier molecular flexibility index (Phi) is 2.63. The molecule has 0 bridgehead atoms. The van der Waals surface area contributed by atoms with Gasteiger partial charge in [0.25, 0.3) is 0 Å². The molecule has 0 fully saturated rings. The molecule has 0 aromatic carbocycles. The van der Waals surface area contributed by atoms with Gasteiger partial charge >= 0.3 is 0 Å². The van der Waals surface area contributed by atoms with Crippen molar-refractivity contribution in [3.05, 3.63) is 0 Å². The highest BCUT2D eigenvalue weighted by Gasteiger charge is 1.94. The van der Waals surface area contributed by atoms with Crippen molar-refractivity contribution in [3.63, 3.8) is 0 Å². The van der Waals surface area contributed by atoms with Gasteiger partial charge in [-0.15, -0.1) is 0 Å². The van der Waals surface area contributed by atoms with Gasteiger partial charge in [0.15, 0.2) is 0 Å². The van der Waals surface area contributed by atoms with Crippen LogP contribution in [0.1, 0.15) is 6.92 Å². The van der Waals surface area contributed by atoms with E-state index in [2.05, 4.69) is 0 Å². The van der Waals surface area contributed by atoms with Crippen LogP contribution in [0, 0.1) is 5.92 Å². The molecule has 1 radical (unpaired) electrons. The number of hydrogen-bond donors (Lipinski definition) is 0. The molecule has 0 aliphatic carbocycles. The highest BCUT2D eigenvalue weighted by molar-refractivity contribution is 5.53. The van der Waals surface area contributed by atoms with Crippen molar-refractivity contribution in [3.8, 4) is 0 Å². The fourth-order valence-electron chi connectivity index (χ4n) is 0.0315. The van der Waals surface area contributed by atoms with Crippen molar-refractivity contribution < 1.29 is 9.18 Å². The highest BCUT2D eigenvalue weighted by atomic mass is 19.1. The quantitative estimate of drug-likeness (QED) is 0.486. The van der Waals surface area contributed by atoms with Crippen LogP contribution < -0.4 is 0 Å². The standard InChI is InChI=1S/C4H6FO/c1-4(2-5)3-6/h4H,2H2,1H3/t4-/m0/s1. The lowest BCUT2D eigenvalue weighted by atomic mass is 10.2. The van der Waals surface area contributed by atoms with E-state index in [-0.39, 0.29) is 0 Å². The van der Waals surface area contributed by atoms with E-state index in [9.17, 15) is 9.18 Å². The average Bonchev–Trinajstić information content (AvgIpc) is 1.65. The van der Waals surface area contributed by atoms with Crippen LogP contribution in [0.2, 0.25) is 0 Å². The first-order valence-electron chi connectivity index (χ1n) is 1.75. The molecule has 2 heteroatoms. The van der Waals surface area contributed by atoms with Crippen molar-refractivity contribution in [2.45, 2.75) is 6.92 Å². The lowest BCUT2D eigenvalue weighted by molar-refractivity contribution is 0.425. The first-order chi connectivity index (χ1) is 2.81. The maximum atomic E-state index is 11.1. The summed E-state index contributed by atoms with van der Waals surface area (Å²) in [4.78, 5) is 9.37. The Balaban J connectivity index is 2.96. The van der Waals surface area contributed by atoms with E-state index in [0.717, 1.165) is 0 Å². The van der Waals surface area contributed by atoms with Crippen LogP contribution in [-0.2, 0) is 4.79 Å². The minimum Gasteiger partial charge on any atom is -0.290 e. The number of rotatable bonds is 2. The first-order valence-corrected chi connectivity index (χ1v) is 1.75. The van der Waals surface area contributed by atoms with Gasteiger partial charge in [-0.3, -0.25) is 9.18 Å². The summed E-state index contributed by atoms with van der Waals surface area (Å²) in [7, 11) is 0. The molecule has 35 valence electrons. The van der Waals surface area contributed by atoms with Gasteiger partial charge in [-0.05, 0) is 0 Å². The molecule has 0 aliphatic heterocycles. The van der Waals surface area contributed by atoms with Gasteiger partial charge in [-0.25, -0.2) is 0 Å². The fraction of sp³-hybridized carbons (Fsp3) is 0.750. The van der Waals surface area contributed by atoms with Crippen molar-refractivity contribution in [2.24, 2.45) is 5.92 Å². The summed E-state index contributed by atoms with van der Waals surface area (Å²) in [5.74, 6) is -0.537. The third-order valence-corrected chi connectivity index (χ3v) is 0.433. The monoisotopic (exact) mass is 89.0 g/mol. The van der Waals surface area contributed by atoms with Crippen LogP contribution in [0.15, 0.2) is 0 Å². The summed E-state index contributed by atoms with van der Waals surface area (Å²) >= 11 is 0. The molecule has 0 unspecified atom stereocenters. The molecule has 0 rings (SSSR count). The van der Waals surface area contributed by atoms with Gasteiger partial charge in [-0.1, -0.05) is 6.92 Å². The second-order valence-electron chi connectivity index (χ2n) is 1.17. The Morgan fingerprint density at radius 1 is 2.00 bits per heavy atom. The Hall–Kier alpha value is -0.400. The average molecular weight is 89.1 g/mol. The van der Waals surface area contributed by atoms with Gasteiger partial charge in [0.05, 0.1) is 12.6 Å². The predicted molar refractivity (Wildman–Crippen MR) is 20.8 cm³/mol. The van der Waals surface area contributed by atoms with Gasteiger partial charge < -0.3 is 0 Å². The van der Waals surface area contributed by atoms with Gasteiger partial charge in [0, 0.05) is 0 Å². The van der Waals surface area contributed by atoms with Gasteiger partial charge in [0.1, 0.15) is 0 Å². The van der Waals surface area contributed by atoms with Crippen LogP contribution in [0.5, 0.6) is 0 Å². The van der Waals surface area contributed by atoms with Crippen molar-refractivity contribution >= 4 is 6.29 Å². The summed E-state index contributed by atoms with van der Waals surface area (Å²) < 4.78 is 11.1. The number of halogens is 1. The molecule has 6 heavy (non-hydrogen) atoms. The molecule has 0 aromatic heterocycles. The number of hydrogen-bond acceptors (Lipinski definition) is 1. The van der Waals surface area contributed by atoms with E-state index in [1.54, 1.807) is 0 Å². The summed E-state index contributed by atoms with van der Waals surface area (Å²) in [5.41, 5.74) is 0. The van der Waals surface area contributed by atoms with Crippen molar-refractivity contribution in [1.29, 1.82) is 0 Å². The molecular weight excluding hydrogens is 83.0 g/mol. The molecule has 0 spiro atoms. The highest BCUT2D eigenvalue weighted by Crippen LogP contribution is 1.86. The second kappa shape index (κ2) is 2.82. The minimum atomic E-state index is -0.594. The Bertz CT molecular complexity index is 44.8. The summed E-state index contributed by atoms with van der Waals surface area (Å²) in [6.07, 6.45) is 1.49. The smallest absolute Gasteiger partial charge is 0.204 e. The van der Waals surface area contributed by atoms with Crippen LogP contribution in [0.4, 0.5) is 4.39 Å². The molecule has 0 aliphatic rings. The minimum absolute atomic E-state index is 0.537. The maximum absolute atomic E-state index is 11.1. The van der Waals surface area contributed by atoms with Crippen LogP contribution in [0.3, 0.4) is 0 Å². The molecule has 0 aromatic rings. The van der Waals surface area contributed by atoms with E-state index in [0.29, 0.717) is 0 Å². The Labute approximate surface area is 36.2 Å². The lowest BCUT2D eigenvalue weighted by Crippen LogP contribution is -1.95.